The van der Waals surface area contributed by atoms with Gasteiger partial charge < -0.3 is 14.4 Å². The van der Waals surface area contributed by atoms with Gasteiger partial charge in [-0.05, 0) is 109 Å². The first-order valence-corrected chi connectivity index (χ1v) is 37.9. The molecule has 0 saturated heterocycles. The third kappa shape index (κ3) is 9.32. The van der Waals surface area contributed by atoms with E-state index in [0.29, 0.717) is 0 Å². The molecular weight excluding hydrogens is 1070 g/mol. The average molecular weight is 1150 g/mol. The molecule has 11 aromatic carbocycles. The first kappa shape index (κ1) is 55.2. The molecule has 0 aliphatic carbocycles. The summed E-state index contributed by atoms with van der Waals surface area (Å²) >= 11 is 0. The largest absolute Gasteiger partial charge is 0.310 e. The van der Waals surface area contributed by atoms with Crippen LogP contribution in [0.4, 0.5) is 34.1 Å². The summed E-state index contributed by atoms with van der Waals surface area (Å²) in [5.74, 6) is 0. The van der Waals surface area contributed by atoms with E-state index in [0.717, 1.165) is 28.4 Å². The molecule has 86 heavy (non-hydrogen) atoms. The van der Waals surface area contributed by atoms with E-state index in [1.54, 1.807) is 0 Å². The van der Waals surface area contributed by atoms with Crippen molar-refractivity contribution in [2.75, 3.05) is 9.80 Å². The highest BCUT2D eigenvalue weighted by Crippen LogP contribution is 2.53. The van der Waals surface area contributed by atoms with Gasteiger partial charge in [0.2, 0.25) is 0 Å². The van der Waals surface area contributed by atoms with E-state index in [2.05, 4.69) is 338 Å². The van der Waals surface area contributed by atoms with Crippen molar-refractivity contribution in [3.8, 4) is 50.2 Å². The molecule has 422 valence electrons. The van der Waals surface area contributed by atoms with Gasteiger partial charge in [-0.3, -0.25) is 0 Å². The lowest BCUT2D eigenvalue weighted by Gasteiger charge is -2.45. The van der Waals surface area contributed by atoms with Crippen LogP contribution < -0.4 is 36.6 Å². The molecule has 3 nitrogen and oxygen atoms in total. The fourth-order valence-corrected chi connectivity index (χ4v) is 16.1. The number of hydrogen-bond acceptors (Lipinski definition) is 2. The van der Waals surface area contributed by atoms with Gasteiger partial charge in [0.05, 0.1) is 44.2 Å². The summed E-state index contributed by atoms with van der Waals surface area (Å²) in [6.45, 7) is 28.6. The second-order valence-corrected chi connectivity index (χ2v) is 38.4. The quantitative estimate of drug-likeness (QED) is 0.133. The Labute approximate surface area is 512 Å². The third-order valence-electron chi connectivity index (χ3n) is 18.4. The lowest BCUT2D eigenvalue weighted by Crippen LogP contribution is -2.61. The molecule has 0 bridgehead atoms. The van der Waals surface area contributed by atoms with E-state index in [4.69, 9.17) is 0 Å². The SMILES string of the molecule is CC(C)(C)c1ccc2c(c1)c1cc(C(C)(C)C)ccc1n2-c1cc2c3c(c1)N(c1c(-c4ccccc4)cccc1-c1ccc([Si](C)(C)C)cc1)c1ccccc1B3c1ccccc1N2c1c(-c2ccccc2)cccc1-c1ccc([Si](C)(C)C)cc1. The number of benzene rings is 11. The number of aromatic nitrogens is 1. The normalized spacial score (nSPS) is 13.3. The molecule has 6 heteroatoms. The van der Waals surface area contributed by atoms with Crippen molar-refractivity contribution in [1.82, 2.24) is 4.57 Å². The second-order valence-electron chi connectivity index (χ2n) is 28.2. The van der Waals surface area contributed by atoms with Crippen LogP contribution in [-0.2, 0) is 10.8 Å². The molecule has 2 aliphatic rings. The van der Waals surface area contributed by atoms with Crippen molar-refractivity contribution in [1.29, 1.82) is 0 Å². The number of nitrogens with zero attached hydrogens (tertiary/aromatic N) is 3. The molecule has 1 aromatic heterocycles. The van der Waals surface area contributed by atoms with Gasteiger partial charge in [-0.2, -0.15) is 0 Å². The van der Waals surface area contributed by atoms with Crippen LogP contribution in [0.1, 0.15) is 52.7 Å². The Hall–Kier alpha value is -8.68. The third-order valence-corrected chi connectivity index (χ3v) is 22.6. The fraction of sp³-hybridized carbons (Fsp3) is 0.175. The number of rotatable bonds is 9. The standard InChI is InChI=1S/C80H76BN3Si2/c1-79(2,3)57-41-47-70-66(49-57)67-50-58(80(4,5)6)42-48-71(67)82(70)59-51-74-76-75(52-59)84(78-63(54-27-17-14-18-28-54)30-24-32-65(78)56-39-45-61(46-40-56)86(10,11)12)73-36-22-20-34-69(73)81(76)68-33-19-21-35-72(68)83(74)77-62(53-25-15-13-16-26-53)29-23-31-64(77)55-37-43-60(44-38-55)85(7,8)9/h13-52H,1-12H3. The Balaban J connectivity index is 1.16. The summed E-state index contributed by atoms with van der Waals surface area (Å²) in [7, 11) is -3.22. The van der Waals surface area contributed by atoms with Crippen molar-refractivity contribution in [2.45, 2.75) is 91.7 Å². The molecule has 0 spiro atoms. The zero-order chi connectivity index (χ0) is 59.6. The summed E-state index contributed by atoms with van der Waals surface area (Å²) < 4.78 is 2.59. The Morgan fingerprint density at radius 2 is 0.674 bits per heavy atom. The van der Waals surface area contributed by atoms with Gasteiger partial charge in [0.25, 0.3) is 6.71 Å². The number of anilines is 6. The van der Waals surface area contributed by atoms with Gasteiger partial charge in [0.1, 0.15) is 0 Å². The average Bonchev–Trinajstić information content (AvgIpc) is 0.851. The van der Waals surface area contributed by atoms with Gasteiger partial charge >= 0.3 is 0 Å². The monoisotopic (exact) mass is 1150 g/mol. The maximum atomic E-state index is 2.67. The number of fused-ring (bicyclic) bond motifs is 7. The lowest BCUT2D eigenvalue weighted by atomic mass is 9.33. The summed E-state index contributed by atoms with van der Waals surface area (Å²) in [5, 5.41) is 5.44. The van der Waals surface area contributed by atoms with Crippen LogP contribution in [-0.4, -0.2) is 27.4 Å². The molecule has 12 aromatic rings. The van der Waals surface area contributed by atoms with E-state index in [1.807, 2.05) is 0 Å². The van der Waals surface area contributed by atoms with E-state index in [1.165, 1.54) is 116 Å². The molecule has 3 heterocycles. The van der Waals surface area contributed by atoms with Crippen molar-refractivity contribution in [3.63, 3.8) is 0 Å². The minimum absolute atomic E-state index is 0.0469. The molecule has 0 N–H and O–H groups in total. The minimum atomic E-state index is -1.61. The van der Waals surface area contributed by atoms with Crippen LogP contribution >= 0.6 is 0 Å². The zero-order valence-electron chi connectivity index (χ0n) is 52.0. The summed E-state index contributed by atoms with van der Waals surface area (Å²) in [5.41, 5.74) is 26.4. The van der Waals surface area contributed by atoms with E-state index >= 15 is 0 Å². The molecule has 0 fully saturated rings. The summed E-state index contributed by atoms with van der Waals surface area (Å²) in [4.78, 5) is 5.35. The van der Waals surface area contributed by atoms with Crippen molar-refractivity contribution >= 4 is 106 Å². The highest BCUT2D eigenvalue weighted by atomic mass is 28.3. The zero-order valence-corrected chi connectivity index (χ0v) is 54.0. The van der Waals surface area contributed by atoms with Gasteiger partial charge in [0.15, 0.2) is 0 Å². The Morgan fingerprint density at radius 1 is 0.326 bits per heavy atom. The lowest BCUT2D eigenvalue weighted by molar-refractivity contribution is 0.590. The molecule has 0 unspecified atom stereocenters. The Kier molecular flexibility index (Phi) is 13.2. The van der Waals surface area contributed by atoms with Gasteiger partial charge in [-0.15, -0.1) is 0 Å². The van der Waals surface area contributed by atoms with Crippen LogP contribution in [0.3, 0.4) is 0 Å². The van der Waals surface area contributed by atoms with E-state index in [9.17, 15) is 0 Å². The molecule has 0 atom stereocenters. The highest BCUT2D eigenvalue weighted by Gasteiger charge is 2.45. The van der Waals surface area contributed by atoms with Crippen LogP contribution in [0.2, 0.25) is 39.3 Å². The Morgan fingerprint density at radius 3 is 1.03 bits per heavy atom. The molecule has 0 amide bonds. The topological polar surface area (TPSA) is 11.4 Å². The highest BCUT2D eigenvalue weighted by molar-refractivity contribution is 7.00. The molecule has 14 rings (SSSR count). The first-order valence-electron chi connectivity index (χ1n) is 30.9. The minimum Gasteiger partial charge on any atom is -0.310 e. The molecule has 0 saturated carbocycles. The number of para-hydroxylation sites is 4. The van der Waals surface area contributed by atoms with Crippen LogP contribution in [0.25, 0.3) is 72.0 Å². The predicted molar refractivity (Wildman–Crippen MR) is 380 cm³/mol. The van der Waals surface area contributed by atoms with Crippen LogP contribution in [0, 0.1) is 0 Å². The molecular formula is C80H76BN3Si2. The predicted octanol–water partition coefficient (Wildman–Crippen LogP) is 19.2. The molecule has 0 radical (unpaired) electrons. The fourth-order valence-electron chi connectivity index (χ4n) is 13.8. The van der Waals surface area contributed by atoms with Gasteiger partial charge in [-0.25, -0.2) is 0 Å². The van der Waals surface area contributed by atoms with Crippen LogP contribution in [0.15, 0.2) is 243 Å². The summed E-state index contributed by atoms with van der Waals surface area (Å²) in [6, 6.07) is 93.5. The van der Waals surface area contributed by atoms with Crippen molar-refractivity contribution in [2.24, 2.45) is 0 Å². The van der Waals surface area contributed by atoms with Gasteiger partial charge in [0, 0.05) is 55.8 Å². The maximum Gasteiger partial charge on any atom is 0.252 e. The van der Waals surface area contributed by atoms with Gasteiger partial charge in [-0.1, -0.05) is 285 Å². The molecule has 2 aliphatic heterocycles. The maximum absolute atomic E-state index is 2.67. The second kappa shape index (κ2) is 20.5. The van der Waals surface area contributed by atoms with E-state index < -0.39 is 16.1 Å². The Bertz CT molecular complexity index is 4320. The van der Waals surface area contributed by atoms with Crippen molar-refractivity contribution < 1.29 is 0 Å². The smallest absolute Gasteiger partial charge is 0.252 e. The number of hydrogen-bond donors (Lipinski definition) is 0. The van der Waals surface area contributed by atoms with Crippen molar-refractivity contribution in [3.05, 3.63) is 254 Å². The van der Waals surface area contributed by atoms with E-state index in [-0.39, 0.29) is 17.5 Å². The van der Waals surface area contributed by atoms with Crippen LogP contribution in [0.5, 0.6) is 0 Å². The summed E-state index contributed by atoms with van der Waals surface area (Å²) in [6.07, 6.45) is 0. The first-order chi connectivity index (χ1) is 41.2.